The van der Waals surface area contributed by atoms with Gasteiger partial charge in [-0.05, 0) is 31.0 Å². The molecule has 3 heteroatoms. The molecule has 0 atom stereocenters. The predicted molar refractivity (Wildman–Crippen MR) is 62.6 cm³/mol. The molecule has 0 aliphatic rings. The molecule has 1 N–H and O–H groups in total. The highest BCUT2D eigenvalue weighted by atomic mass is 16.4. The molecule has 0 radical (unpaired) electrons. The summed E-state index contributed by atoms with van der Waals surface area (Å²) in [5.74, 6) is -1.03. The standard InChI is InChI=1S/C13H14O3/c1-4-9-6-5-7-10(12(15)16)11(9)13(2,3)8-14/h4-8H,1H2,2-3H3,(H,15,16). The van der Waals surface area contributed by atoms with E-state index in [0.29, 0.717) is 11.1 Å². The third-order valence-electron chi connectivity index (χ3n) is 2.49. The van der Waals surface area contributed by atoms with Crippen molar-refractivity contribution in [2.45, 2.75) is 19.3 Å². The fraction of sp³-hybridized carbons (Fsp3) is 0.231. The maximum Gasteiger partial charge on any atom is 0.336 e. The minimum Gasteiger partial charge on any atom is -0.478 e. The molecule has 0 bridgehead atoms. The van der Waals surface area contributed by atoms with Crippen molar-refractivity contribution in [1.82, 2.24) is 0 Å². The highest BCUT2D eigenvalue weighted by Crippen LogP contribution is 2.29. The van der Waals surface area contributed by atoms with Crippen LogP contribution in [0.25, 0.3) is 6.08 Å². The summed E-state index contributed by atoms with van der Waals surface area (Å²) in [4.78, 5) is 22.1. The molecule has 0 saturated carbocycles. The molecule has 0 aromatic heterocycles. The Morgan fingerprint density at radius 3 is 2.50 bits per heavy atom. The van der Waals surface area contributed by atoms with Crippen LogP contribution in [-0.2, 0) is 10.2 Å². The van der Waals surface area contributed by atoms with Crippen LogP contribution < -0.4 is 0 Å². The van der Waals surface area contributed by atoms with Crippen LogP contribution in [0.15, 0.2) is 24.8 Å². The van der Waals surface area contributed by atoms with Crippen LogP contribution in [0.3, 0.4) is 0 Å². The Hall–Kier alpha value is -1.90. The first kappa shape index (κ1) is 12.2. The molecule has 0 heterocycles. The maximum atomic E-state index is 11.1. The number of hydrogen-bond acceptors (Lipinski definition) is 2. The van der Waals surface area contributed by atoms with Crippen molar-refractivity contribution in [2.24, 2.45) is 0 Å². The average Bonchev–Trinajstić information content (AvgIpc) is 2.27. The SMILES string of the molecule is C=Cc1cccc(C(=O)O)c1C(C)(C)C=O. The van der Waals surface area contributed by atoms with Crippen molar-refractivity contribution < 1.29 is 14.7 Å². The average molecular weight is 218 g/mol. The first-order valence-corrected chi connectivity index (χ1v) is 4.89. The van der Waals surface area contributed by atoms with Crippen molar-refractivity contribution in [3.8, 4) is 0 Å². The Bertz CT molecular complexity index is 444. The smallest absolute Gasteiger partial charge is 0.336 e. The van der Waals surface area contributed by atoms with E-state index in [9.17, 15) is 9.59 Å². The quantitative estimate of drug-likeness (QED) is 0.790. The Labute approximate surface area is 94.4 Å². The van der Waals surface area contributed by atoms with Gasteiger partial charge in [0, 0.05) is 5.41 Å². The zero-order valence-electron chi connectivity index (χ0n) is 9.36. The predicted octanol–water partition coefficient (Wildman–Crippen LogP) is 2.50. The molecule has 1 rings (SSSR count). The van der Waals surface area contributed by atoms with Crippen molar-refractivity contribution >= 4 is 18.3 Å². The van der Waals surface area contributed by atoms with E-state index in [1.807, 2.05) is 0 Å². The van der Waals surface area contributed by atoms with Gasteiger partial charge in [0.15, 0.2) is 0 Å². The molecule has 0 aliphatic carbocycles. The normalized spacial score (nSPS) is 10.9. The fourth-order valence-electron chi connectivity index (χ4n) is 1.70. The monoisotopic (exact) mass is 218 g/mol. The summed E-state index contributed by atoms with van der Waals surface area (Å²) >= 11 is 0. The van der Waals surface area contributed by atoms with Gasteiger partial charge >= 0.3 is 5.97 Å². The largest absolute Gasteiger partial charge is 0.478 e. The van der Waals surface area contributed by atoms with Gasteiger partial charge < -0.3 is 9.90 Å². The van der Waals surface area contributed by atoms with Crippen molar-refractivity contribution in [3.05, 3.63) is 41.5 Å². The van der Waals surface area contributed by atoms with Crippen LogP contribution in [0, 0.1) is 0 Å². The lowest BCUT2D eigenvalue weighted by Crippen LogP contribution is -2.24. The van der Waals surface area contributed by atoms with E-state index in [0.717, 1.165) is 6.29 Å². The van der Waals surface area contributed by atoms with Crippen LogP contribution in [0.2, 0.25) is 0 Å². The second-order valence-corrected chi connectivity index (χ2v) is 4.12. The third-order valence-corrected chi connectivity index (χ3v) is 2.49. The molecule has 3 nitrogen and oxygen atoms in total. The molecule has 0 unspecified atom stereocenters. The summed E-state index contributed by atoms with van der Waals surface area (Å²) < 4.78 is 0. The summed E-state index contributed by atoms with van der Waals surface area (Å²) in [5.41, 5.74) is 0.498. The Kier molecular flexibility index (Phi) is 3.28. The van der Waals surface area contributed by atoms with Crippen molar-refractivity contribution in [1.29, 1.82) is 0 Å². The number of aldehydes is 1. The molecule has 1 aromatic rings. The summed E-state index contributed by atoms with van der Waals surface area (Å²) in [6, 6.07) is 4.89. The summed E-state index contributed by atoms with van der Waals surface area (Å²) in [7, 11) is 0. The second-order valence-electron chi connectivity index (χ2n) is 4.12. The molecule has 1 aromatic carbocycles. The van der Waals surface area contributed by atoms with Gasteiger partial charge in [-0.2, -0.15) is 0 Å². The van der Waals surface area contributed by atoms with Crippen LogP contribution in [0.1, 0.15) is 35.3 Å². The van der Waals surface area contributed by atoms with E-state index in [-0.39, 0.29) is 5.56 Å². The molecule has 0 aliphatic heterocycles. The Morgan fingerprint density at radius 1 is 1.44 bits per heavy atom. The van der Waals surface area contributed by atoms with Gasteiger partial charge in [-0.1, -0.05) is 24.8 Å². The molecule has 0 spiro atoms. The molecule has 16 heavy (non-hydrogen) atoms. The lowest BCUT2D eigenvalue weighted by atomic mass is 9.80. The Balaban J connectivity index is 3.60. The van der Waals surface area contributed by atoms with E-state index < -0.39 is 11.4 Å². The fourth-order valence-corrected chi connectivity index (χ4v) is 1.70. The summed E-state index contributed by atoms with van der Waals surface area (Å²) in [5, 5.41) is 9.09. The van der Waals surface area contributed by atoms with E-state index >= 15 is 0 Å². The van der Waals surface area contributed by atoms with Gasteiger partial charge in [-0.25, -0.2) is 4.79 Å². The van der Waals surface area contributed by atoms with Crippen LogP contribution >= 0.6 is 0 Å². The van der Waals surface area contributed by atoms with Crippen LogP contribution in [0.5, 0.6) is 0 Å². The molecule has 0 fully saturated rings. The lowest BCUT2D eigenvalue weighted by Gasteiger charge is -2.22. The number of benzene rings is 1. The molecular formula is C13H14O3. The molecule has 0 saturated heterocycles. The number of rotatable bonds is 4. The van der Waals surface area contributed by atoms with E-state index in [1.54, 1.807) is 32.1 Å². The number of carbonyl (C=O) groups is 2. The van der Waals surface area contributed by atoms with Crippen LogP contribution in [-0.4, -0.2) is 17.4 Å². The van der Waals surface area contributed by atoms with Crippen LogP contribution in [0.4, 0.5) is 0 Å². The van der Waals surface area contributed by atoms with E-state index in [1.165, 1.54) is 6.07 Å². The van der Waals surface area contributed by atoms with E-state index in [4.69, 9.17) is 5.11 Å². The van der Waals surface area contributed by atoms with E-state index in [2.05, 4.69) is 6.58 Å². The number of carboxylic acids is 1. The first-order chi connectivity index (χ1) is 7.44. The highest BCUT2D eigenvalue weighted by Gasteiger charge is 2.27. The molecule has 0 amide bonds. The molecule has 84 valence electrons. The Morgan fingerprint density at radius 2 is 2.06 bits per heavy atom. The number of carbonyl (C=O) groups excluding carboxylic acids is 1. The second kappa shape index (κ2) is 4.31. The topological polar surface area (TPSA) is 54.4 Å². The zero-order valence-corrected chi connectivity index (χ0v) is 9.36. The first-order valence-electron chi connectivity index (χ1n) is 4.89. The minimum atomic E-state index is -1.03. The minimum absolute atomic E-state index is 0.148. The summed E-state index contributed by atoms with van der Waals surface area (Å²) in [6.07, 6.45) is 2.31. The van der Waals surface area contributed by atoms with Gasteiger partial charge in [-0.3, -0.25) is 0 Å². The van der Waals surface area contributed by atoms with Gasteiger partial charge in [-0.15, -0.1) is 0 Å². The number of carboxylic acid groups (broad SMARTS) is 1. The van der Waals surface area contributed by atoms with Gasteiger partial charge in [0.2, 0.25) is 0 Å². The number of aromatic carboxylic acids is 1. The summed E-state index contributed by atoms with van der Waals surface area (Å²) in [6.45, 7) is 7.01. The maximum absolute atomic E-state index is 11.1. The highest BCUT2D eigenvalue weighted by molar-refractivity contribution is 5.93. The van der Waals surface area contributed by atoms with Crippen molar-refractivity contribution in [2.75, 3.05) is 0 Å². The van der Waals surface area contributed by atoms with Gasteiger partial charge in [0.05, 0.1) is 5.56 Å². The zero-order chi connectivity index (χ0) is 12.3. The van der Waals surface area contributed by atoms with Gasteiger partial charge in [0.1, 0.15) is 6.29 Å². The lowest BCUT2D eigenvalue weighted by molar-refractivity contribution is -0.111. The molecular weight excluding hydrogens is 204 g/mol. The van der Waals surface area contributed by atoms with Gasteiger partial charge in [0.25, 0.3) is 0 Å². The third kappa shape index (κ3) is 2.03. The van der Waals surface area contributed by atoms with Crippen molar-refractivity contribution in [3.63, 3.8) is 0 Å². The number of hydrogen-bond donors (Lipinski definition) is 1.